The van der Waals surface area contributed by atoms with Crippen LogP contribution < -0.4 is 5.32 Å². The highest BCUT2D eigenvalue weighted by molar-refractivity contribution is 5.37. The summed E-state index contributed by atoms with van der Waals surface area (Å²) < 4.78 is 1.91. The Labute approximate surface area is 114 Å². The number of aryl methyl sites for hydroxylation is 3. The first kappa shape index (κ1) is 13.5. The Morgan fingerprint density at radius 1 is 1.26 bits per heavy atom. The molecule has 0 aromatic carbocycles. The van der Waals surface area contributed by atoms with Crippen molar-refractivity contribution in [1.29, 1.82) is 0 Å². The van der Waals surface area contributed by atoms with Gasteiger partial charge in [-0.25, -0.2) is 9.97 Å². The van der Waals surface area contributed by atoms with Crippen LogP contribution in [0.15, 0.2) is 12.4 Å². The average Bonchev–Trinajstić information content (AvgIpc) is 2.62. The van der Waals surface area contributed by atoms with E-state index >= 15 is 0 Å². The zero-order chi connectivity index (χ0) is 13.8. The lowest BCUT2D eigenvalue weighted by Gasteiger charge is -2.07. The Balaban J connectivity index is 2.08. The van der Waals surface area contributed by atoms with Gasteiger partial charge in [0.05, 0.1) is 5.69 Å². The summed E-state index contributed by atoms with van der Waals surface area (Å²) in [5.41, 5.74) is 4.57. The first-order valence-electron chi connectivity index (χ1n) is 6.65. The number of nitrogens with zero attached hydrogens (tertiary/aromatic N) is 4. The zero-order valence-corrected chi connectivity index (χ0v) is 12.1. The van der Waals surface area contributed by atoms with Crippen LogP contribution in [0.2, 0.25) is 0 Å². The van der Waals surface area contributed by atoms with Crippen LogP contribution in [0.4, 0.5) is 5.82 Å². The minimum Gasteiger partial charge on any atom is -0.366 e. The first-order valence-corrected chi connectivity index (χ1v) is 6.65. The summed E-state index contributed by atoms with van der Waals surface area (Å²) in [5.74, 6) is 0.876. The summed E-state index contributed by atoms with van der Waals surface area (Å²) in [7, 11) is 1.97. The van der Waals surface area contributed by atoms with Crippen molar-refractivity contribution in [2.75, 3.05) is 5.32 Å². The molecule has 0 amide bonds. The smallest absolute Gasteiger partial charge is 0.129 e. The molecule has 0 fully saturated rings. The molecule has 2 aromatic rings. The largest absolute Gasteiger partial charge is 0.366 e. The van der Waals surface area contributed by atoms with Crippen molar-refractivity contribution in [3.05, 3.63) is 35.0 Å². The van der Waals surface area contributed by atoms with Gasteiger partial charge in [-0.05, 0) is 20.3 Å². The molecule has 102 valence electrons. The van der Waals surface area contributed by atoms with Crippen molar-refractivity contribution in [2.45, 2.75) is 40.2 Å². The third-order valence-electron chi connectivity index (χ3n) is 3.34. The van der Waals surface area contributed by atoms with E-state index in [1.807, 2.05) is 24.7 Å². The second kappa shape index (κ2) is 5.82. The molecule has 5 nitrogen and oxygen atoms in total. The van der Waals surface area contributed by atoms with E-state index in [2.05, 4.69) is 34.2 Å². The summed E-state index contributed by atoms with van der Waals surface area (Å²) in [6.45, 7) is 7.01. The summed E-state index contributed by atoms with van der Waals surface area (Å²) in [6, 6.07) is 2.02. The van der Waals surface area contributed by atoms with Crippen LogP contribution in [0.5, 0.6) is 0 Å². The van der Waals surface area contributed by atoms with Crippen molar-refractivity contribution >= 4 is 5.82 Å². The number of aromatic nitrogens is 4. The van der Waals surface area contributed by atoms with E-state index in [4.69, 9.17) is 0 Å². The molecule has 0 spiro atoms. The minimum absolute atomic E-state index is 0.744. The monoisotopic (exact) mass is 259 g/mol. The Morgan fingerprint density at radius 2 is 2.05 bits per heavy atom. The van der Waals surface area contributed by atoms with Crippen molar-refractivity contribution in [3.8, 4) is 0 Å². The van der Waals surface area contributed by atoms with Gasteiger partial charge in [-0.15, -0.1) is 0 Å². The van der Waals surface area contributed by atoms with E-state index in [-0.39, 0.29) is 0 Å². The summed E-state index contributed by atoms with van der Waals surface area (Å²) in [6.07, 6.45) is 3.70. The van der Waals surface area contributed by atoms with E-state index in [0.717, 1.165) is 36.6 Å². The highest BCUT2D eigenvalue weighted by Crippen LogP contribution is 2.14. The highest BCUT2D eigenvalue weighted by atomic mass is 15.3. The van der Waals surface area contributed by atoms with E-state index in [1.54, 1.807) is 6.33 Å². The van der Waals surface area contributed by atoms with Gasteiger partial charge in [0, 0.05) is 36.6 Å². The quantitative estimate of drug-likeness (QED) is 0.895. The SMILES string of the molecule is CCCc1cc(NCc2c(C)nn(C)c2C)ncn1. The number of rotatable bonds is 5. The molecule has 0 aliphatic heterocycles. The second-order valence-corrected chi connectivity index (χ2v) is 4.77. The third kappa shape index (κ3) is 3.10. The molecule has 0 atom stereocenters. The number of anilines is 1. The van der Waals surface area contributed by atoms with Gasteiger partial charge in [0.2, 0.25) is 0 Å². The molecule has 2 heterocycles. The highest BCUT2D eigenvalue weighted by Gasteiger charge is 2.09. The van der Waals surface area contributed by atoms with E-state index in [1.165, 1.54) is 11.3 Å². The van der Waals surface area contributed by atoms with Crippen molar-refractivity contribution in [2.24, 2.45) is 7.05 Å². The van der Waals surface area contributed by atoms with E-state index in [0.29, 0.717) is 0 Å². The molecule has 0 bridgehead atoms. The third-order valence-corrected chi connectivity index (χ3v) is 3.34. The predicted molar refractivity (Wildman–Crippen MR) is 76.0 cm³/mol. The minimum atomic E-state index is 0.744. The normalized spacial score (nSPS) is 10.7. The lowest BCUT2D eigenvalue weighted by Crippen LogP contribution is -2.05. The lowest BCUT2D eigenvalue weighted by molar-refractivity contribution is 0.730. The molecule has 0 aliphatic carbocycles. The lowest BCUT2D eigenvalue weighted by atomic mass is 10.2. The van der Waals surface area contributed by atoms with Gasteiger partial charge in [-0.2, -0.15) is 5.10 Å². The molecule has 1 N–H and O–H groups in total. The standard InChI is InChI=1S/C14H21N5/c1-5-6-12-7-14(17-9-16-12)15-8-13-10(2)18-19(4)11(13)3/h7,9H,5-6,8H2,1-4H3,(H,15,16,17). The van der Waals surface area contributed by atoms with Crippen LogP contribution in [-0.2, 0) is 20.0 Å². The van der Waals surface area contributed by atoms with Crippen LogP contribution in [0.1, 0.15) is 36.0 Å². The number of nitrogens with one attached hydrogen (secondary N) is 1. The van der Waals surface area contributed by atoms with Crippen LogP contribution in [0, 0.1) is 13.8 Å². The van der Waals surface area contributed by atoms with Crippen molar-refractivity contribution < 1.29 is 0 Å². The van der Waals surface area contributed by atoms with Crippen molar-refractivity contribution in [1.82, 2.24) is 19.7 Å². The Morgan fingerprint density at radius 3 is 2.68 bits per heavy atom. The number of hydrogen-bond donors (Lipinski definition) is 1. The maximum absolute atomic E-state index is 4.41. The average molecular weight is 259 g/mol. The Bertz CT molecular complexity index is 559. The van der Waals surface area contributed by atoms with Crippen LogP contribution in [-0.4, -0.2) is 19.7 Å². The first-order chi connectivity index (χ1) is 9.11. The molecule has 19 heavy (non-hydrogen) atoms. The molecule has 0 saturated heterocycles. The Kier molecular flexibility index (Phi) is 4.14. The predicted octanol–water partition coefficient (Wildman–Crippen LogP) is 2.39. The fourth-order valence-electron chi connectivity index (χ4n) is 2.14. The molecule has 0 saturated carbocycles. The Hall–Kier alpha value is -1.91. The maximum atomic E-state index is 4.41. The van der Waals surface area contributed by atoms with Gasteiger partial charge in [-0.3, -0.25) is 4.68 Å². The molecular formula is C14H21N5. The second-order valence-electron chi connectivity index (χ2n) is 4.77. The van der Waals surface area contributed by atoms with Crippen LogP contribution in [0.25, 0.3) is 0 Å². The van der Waals surface area contributed by atoms with E-state index in [9.17, 15) is 0 Å². The van der Waals surface area contributed by atoms with Crippen LogP contribution >= 0.6 is 0 Å². The molecule has 0 radical (unpaired) electrons. The fourth-order valence-corrected chi connectivity index (χ4v) is 2.14. The van der Waals surface area contributed by atoms with Gasteiger partial charge in [-0.1, -0.05) is 13.3 Å². The molecule has 2 aromatic heterocycles. The molecule has 0 aliphatic rings. The topological polar surface area (TPSA) is 55.6 Å². The summed E-state index contributed by atoms with van der Waals surface area (Å²) in [5, 5.41) is 7.76. The fraction of sp³-hybridized carbons (Fsp3) is 0.500. The summed E-state index contributed by atoms with van der Waals surface area (Å²) >= 11 is 0. The molecule has 0 unspecified atom stereocenters. The van der Waals surface area contributed by atoms with E-state index < -0.39 is 0 Å². The molecule has 5 heteroatoms. The number of hydrogen-bond acceptors (Lipinski definition) is 4. The van der Waals surface area contributed by atoms with Gasteiger partial charge in [0.1, 0.15) is 12.1 Å². The van der Waals surface area contributed by atoms with Crippen LogP contribution in [0.3, 0.4) is 0 Å². The van der Waals surface area contributed by atoms with Crippen molar-refractivity contribution in [3.63, 3.8) is 0 Å². The zero-order valence-electron chi connectivity index (χ0n) is 12.1. The van der Waals surface area contributed by atoms with Gasteiger partial charge >= 0.3 is 0 Å². The van der Waals surface area contributed by atoms with Gasteiger partial charge in [0.25, 0.3) is 0 Å². The maximum Gasteiger partial charge on any atom is 0.129 e. The summed E-state index contributed by atoms with van der Waals surface area (Å²) in [4.78, 5) is 8.51. The molecule has 2 rings (SSSR count). The van der Waals surface area contributed by atoms with Gasteiger partial charge < -0.3 is 5.32 Å². The van der Waals surface area contributed by atoms with Gasteiger partial charge in [0.15, 0.2) is 0 Å². The molecular weight excluding hydrogens is 238 g/mol.